The number of carboxylic acids is 1. The van der Waals surface area contributed by atoms with E-state index in [1.807, 2.05) is 85.8 Å². The maximum atomic E-state index is 15.3. The van der Waals surface area contributed by atoms with Crippen molar-refractivity contribution in [3.8, 4) is 22.4 Å². The van der Waals surface area contributed by atoms with Gasteiger partial charge in [-0.05, 0) is 130 Å². The van der Waals surface area contributed by atoms with Crippen molar-refractivity contribution in [2.45, 2.75) is 80.1 Å². The number of nitrogens with one attached hydrogen (secondary N) is 1. The van der Waals surface area contributed by atoms with E-state index in [2.05, 4.69) is 62.7 Å². The minimum atomic E-state index is -3.81. The van der Waals surface area contributed by atoms with E-state index in [4.69, 9.17) is 11.6 Å². The van der Waals surface area contributed by atoms with E-state index >= 15 is 4.57 Å². The van der Waals surface area contributed by atoms with E-state index < -0.39 is 28.8 Å². The van der Waals surface area contributed by atoms with Crippen LogP contribution in [0.25, 0.3) is 22.4 Å². The summed E-state index contributed by atoms with van der Waals surface area (Å²) < 4.78 is 44.6. The first-order chi connectivity index (χ1) is 35.0. The first kappa shape index (κ1) is 52.8. The lowest BCUT2D eigenvalue weighted by Crippen LogP contribution is -2.46. The van der Waals surface area contributed by atoms with Crippen molar-refractivity contribution in [2.75, 3.05) is 79.5 Å². The smallest absolute Gasteiger partial charge is 0.338 e. The molecule has 3 atom stereocenters. The van der Waals surface area contributed by atoms with Crippen molar-refractivity contribution in [1.29, 1.82) is 0 Å². The number of nitrogens with zero attached hydrogens (tertiary/aromatic N) is 5. The van der Waals surface area contributed by atoms with Crippen molar-refractivity contribution >= 4 is 68.8 Å². The van der Waals surface area contributed by atoms with E-state index in [0.717, 1.165) is 109 Å². The molecule has 3 saturated heterocycles. The van der Waals surface area contributed by atoms with Crippen LogP contribution in [0.2, 0.25) is 5.02 Å². The number of aromatic nitrogens is 1. The summed E-state index contributed by atoms with van der Waals surface area (Å²) in [5, 5.41) is 36.5. The maximum Gasteiger partial charge on any atom is 0.338 e. The number of aliphatic hydroxyl groups is 1. The van der Waals surface area contributed by atoms with Crippen LogP contribution in [-0.4, -0.2) is 121 Å². The zero-order chi connectivity index (χ0) is 51.6. The first-order valence-corrected chi connectivity index (χ1v) is 30.2. The highest BCUT2D eigenvalue weighted by Gasteiger charge is 2.47. The number of aliphatic hydroxyl groups excluding tert-OH is 1. The number of aromatic carboxylic acids is 1. The van der Waals surface area contributed by atoms with Gasteiger partial charge in [0, 0.05) is 114 Å². The van der Waals surface area contributed by atoms with Gasteiger partial charge in [-0.3, -0.25) is 4.57 Å². The van der Waals surface area contributed by atoms with Crippen LogP contribution < -0.4 is 20.4 Å². The minimum absolute atomic E-state index is 0.0116. The Morgan fingerprint density at radius 2 is 1.48 bits per heavy atom. The van der Waals surface area contributed by atoms with Gasteiger partial charge in [0.25, 0.3) is 0 Å². The van der Waals surface area contributed by atoms with Crippen LogP contribution in [0, 0.1) is 6.92 Å². The van der Waals surface area contributed by atoms with Crippen LogP contribution in [0.15, 0.2) is 131 Å². The number of anilines is 3. The molecule has 0 spiro atoms. The second-order valence-electron chi connectivity index (χ2n) is 19.9. The molecule has 4 heterocycles. The van der Waals surface area contributed by atoms with Gasteiger partial charge < -0.3 is 40.0 Å². The van der Waals surface area contributed by atoms with Crippen LogP contribution in [0.4, 0.5) is 17.1 Å². The quantitative estimate of drug-likeness (QED) is 0.0506. The van der Waals surface area contributed by atoms with Gasteiger partial charge in [-0.2, -0.15) is 0 Å². The molecule has 0 amide bonds. The summed E-state index contributed by atoms with van der Waals surface area (Å²) >= 11 is 7.99. The van der Waals surface area contributed by atoms with Crippen LogP contribution in [-0.2, 0) is 14.4 Å². The first-order valence-electron chi connectivity index (χ1n) is 25.2. The highest BCUT2D eigenvalue weighted by atomic mass is 35.5. The number of hydrogen-bond donors (Lipinski definition) is 4. The monoisotopic (exact) mass is 1060 g/mol. The Hall–Kier alpha value is -5.09. The standard InChI is InChI=1S/C56H66ClN6O7PS2/c1-38(2)63-39(3)53(56(65)66)54(55(63)41-13-17-43(57)18-14-41)42-9-8-10-46(35-42)61-33-31-60(32-34-61)45-19-15-40(16-20-45)51-26-30-62(67)71(51,68)48-21-22-50(52(36-48)73(4,69)70)58-44(37-72-49-11-6-5-7-12-49)23-27-59-28-24-47(64)25-29-59/h5-22,35-36,38,44,47,51,58,64,67H,23-34,37H2,1-4H3,(H,65,66)/t44-,51?,71?/m1/s1. The molecule has 3 fully saturated rings. The SMILES string of the molecule is Cc1c(C(=O)O)c(-c2cccc(N3CCN(c4ccc(C5CCN(O)P5(=O)c5ccc(N[C@H](CCN6CCC(O)CC6)CSc6ccccc6)c(S(C)(=O)=O)c5)cc4)CC3)c2)c(-c2ccc(Cl)cc2)n1C(C)C. The molecular weight excluding hydrogens is 999 g/mol. The molecule has 0 aliphatic carbocycles. The van der Waals surface area contributed by atoms with Gasteiger partial charge in [0.05, 0.1) is 33.6 Å². The minimum Gasteiger partial charge on any atom is -0.478 e. The van der Waals surface area contributed by atoms with Crippen molar-refractivity contribution in [3.63, 3.8) is 0 Å². The zero-order valence-electron chi connectivity index (χ0n) is 41.9. The summed E-state index contributed by atoms with van der Waals surface area (Å²) in [5.74, 6) is -0.283. The number of benzene rings is 5. The molecule has 13 nitrogen and oxygen atoms in total. The molecule has 1 aromatic heterocycles. The van der Waals surface area contributed by atoms with Crippen molar-refractivity contribution in [3.05, 3.63) is 143 Å². The molecular formula is C56H66ClN6O7PS2. The summed E-state index contributed by atoms with van der Waals surface area (Å²) in [6.07, 6.45) is 3.56. The Balaban J connectivity index is 0.909. The van der Waals surface area contributed by atoms with Crippen molar-refractivity contribution in [2.24, 2.45) is 0 Å². The van der Waals surface area contributed by atoms with Gasteiger partial charge in [-0.25, -0.2) is 13.2 Å². The topological polar surface area (TPSA) is 159 Å². The van der Waals surface area contributed by atoms with E-state index in [9.17, 15) is 28.6 Å². The van der Waals surface area contributed by atoms with E-state index in [-0.39, 0.29) is 35.2 Å². The van der Waals surface area contributed by atoms with Gasteiger partial charge in [-0.15, -0.1) is 16.6 Å². The number of sulfone groups is 1. The Bertz CT molecular complexity index is 3070. The predicted molar refractivity (Wildman–Crippen MR) is 297 cm³/mol. The number of halogens is 1. The number of rotatable bonds is 17. The van der Waals surface area contributed by atoms with E-state index in [0.29, 0.717) is 39.4 Å². The largest absolute Gasteiger partial charge is 0.478 e. The average Bonchev–Trinajstić information content (AvgIpc) is 3.88. The Morgan fingerprint density at radius 3 is 2.12 bits per heavy atom. The van der Waals surface area contributed by atoms with Gasteiger partial charge >= 0.3 is 5.97 Å². The highest BCUT2D eigenvalue weighted by Crippen LogP contribution is 2.66. The molecule has 0 saturated carbocycles. The average molecular weight is 1070 g/mol. The highest BCUT2D eigenvalue weighted by molar-refractivity contribution is 7.99. The Labute approximate surface area is 439 Å². The fraction of sp³-hybridized carbons (Fsp3) is 0.375. The molecule has 4 N–H and O–H groups in total. The van der Waals surface area contributed by atoms with Crippen LogP contribution in [0.1, 0.15) is 72.8 Å². The molecule has 5 aromatic carbocycles. The van der Waals surface area contributed by atoms with E-state index in [1.165, 1.54) is 12.3 Å². The van der Waals surface area contributed by atoms with Gasteiger partial charge in [0.1, 0.15) is 0 Å². The third-order valence-electron chi connectivity index (χ3n) is 14.7. The van der Waals surface area contributed by atoms with Crippen molar-refractivity contribution < 1.29 is 33.2 Å². The zero-order valence-corrected chi connectivity index (χ0v) is 45.2. The lowest BCUT2D eigenvalue weighted by Gasteiger charge is -2.37. The molecule has 73 heavy (non-hydrogen) atoms. The van der Waals surface area contributed by atoms with Gasteiger partial charge in [0.2, 0.25) is 7.29 Å². The number of carboxylic acid groups (broad SMARTS) is 1. The lowest BCUT2D eigenvalue weighted by atomic mass is 9.96. The number of hydrogen-bond acceptors (Lipinski definition) is 11. The van der Waals surface area contributed by atoms with Crippen molar-refractivity contribution in [1.82, 2.24) is 14.3 Å². The Morgan fingerprint density at radius 1 is 0.808 bits per heavy atom. The van der Waals surface area contributed by atoms with E-state index in [1.54, 1.807) is 23.9 Å². The molecule has 9 rings (SSSR count). The number of carbonyl (C=O) groups is 1. The van der Waals surface area contributed by atoms with Crippen LogP contribution in [0.5, 0.6) is 0 Å². The van der Waals surface area contributed by atoms with Gasteiger partial charge in [0.15, 0.2) is 9.84 Å². The fourth-order valence-electron chi connectivity index (χ4n) is 10.9. The molecule has 6 aromatic rings. The normalized spacial score (nSPS) is 19.7. The summed E-state index contributed by atoms with van der Waals surface area (Å²) in [6.45, 7) is 11.5. The molecule has 3 aliphatic rings. The van der Waals surface area contributed by atoms with Crippen LogP contribution in [0.3, 0.4) is 0 Å². The third-order valence-corrected chi connectivity index (χ3v) is 20.6. The molecule has 3 aliphatic heterocycles. The summed E-state index contributed by atoms with van der Waals surface area (Å²) in [5.41, 5.74) is 6.95. The summed E-state index contributed by atoms with van der Waals surface area (Å²) in [4.78, 5) is 22.0. The lowest BCUT2D eigenvalue weighted by molar-refractivity contribution is 0.0117. The molecule has 17 heteroatoms. The molecule has 0 radical (unpaired) electrons. The number of likely N-dealkylation sites (tertiary alicyclic amines) is 1. The second-order valence-corrected chi connectivity index (χ2v) is 26.2. The predicted octanol–water partition coefficient (Wildman–Crippen LogP) is 11.0. The third kappa shape index (κ3) is 11.5. The van der Waals surface area contributed by atoms with Crippen LogP contribution >= 0.6 is 30.7 Å². The number of thioether (sulfide) groups is 1. The fourth-order valence-corrected chi connectivity index (χ4v) is 16.0. The summed E-state index contributed by atoms with van der Waals surface area (Å²) in [6, 6.07) is 38.7. The molecule has 0 bridgehead atoms. The summed E-state index contributed by atoms with van der Waals surface area (Å²) in [7, 11) is -7.54. The maximum absolute atomic E-state index is 15.3. The second kappa shape index (κ2) is 22.4. The molecule has 2 unspecified atom stereocenters. The Kier molecular flexibility index (Phi) is 16.2. The number of piperidine rings is 1. The number of hydroxylamine groups is 1. The number of piperazine rings is 1. The van der Waals surface area contributed by atoms with Gasteiger partial charge in [-0.1, -0.05) is 66.2 Å². The molecule has 386 valence electrons.